The molecular weight excluding hydrogens is 252 g/mol. The molecule has 5 nitrogen and oxygen atoms in total. The Morgan fingerprint density at radius 2 is 2.30 bits per heavy atom. The molecule has 0 radical (unpaired) electrons. The van der Waals surface area contributed by atoms with Gasteiger partial charge in [0.25, 0.3) is 0 Å². The summed E-state index contributed by atoms with van der Waals surface area (Å²) in [5.74, 6) is 0.734. The number of nitrogens with one attached hydrogen (secondary N) is 1. The second-order valence-corrected chi connectivity index (χ2v) is 4.54. The third-order valence-electron chi connectivity index (χ3n) is 2.88. The van der Waals surface area contributed by atoms with Crippen molar-refractivity contribution in [2.75, 3.05) is 13.2 Å². The molecule has 0 saturated heterocycles. The Bertz CT molecular complexity index is 586. The SMILES string of the molecule is Cn1cc(CCNCc2cccc(OCC#N)c2)cn1. The highest BCUT2D eigenvalue weighted by molar-refractivity contribution is 5.28. The van der Waals surface area contributed by atoms with Crippen LogP contribution in [0.2, 0.25) is 0 Å². The average molecular weight is 270 g/mol. The Balaban J connectivity index is 1.75. The summed E-state index contributed by atoms with van der Waals surface area (Å²) in [6, 6.07) is 9.75. The Kier molecular flexibility index (Phi) is 5.15. The first-order chi connectivity index (χ1) is 9.78. The molecule has 0 aliphatic heterocycles. The van der Waals surface area contributed by atoms with Gasteiger partial charge in [0.2, 0.25) is 0 Å². The van der Waals surface area contributed by atoms with Gasteiger partial charge in [0.15, 0.2) is 6.61 Å². The van der Waals surface area contributed by atoms with Crippen molar-refractivity contribution in [3.63, 3.8) is 0 Å². The molecule has 0 fully saturated rings. The molecule has 0 atom stereocenters. The van der Waals surface area contributed by atoms with E-state index in [1.54, 1.807) is 0 Å². The van der Waals surface area contributed by atoms with Gasteiger partial charge in [-0.3, -0.25) is 4.68 Å². The maximum absolute atomic E-state index is 8.49. The second kappa shape index (κ2) is 7.31. The molecule has 0 bridgehead atoms. The van der Waals surface area contributed by atoms with Gasteiger partial charge in [-0.05, 0) is 36.2 Å². The van der Waals surface area contributed by atoms with Gasteiger partial charge in [-0.15, -0.1) is 0 Å². The number of nitriles is 1. The first-order valence-electron chi connectivity index (χ1n) is 6.55. The number of benzene rings is 1. The summed E-state index contributed by atoms with van der Waals surface area (Å²) in [4.78, 5) is 0. The molecule has 0 spiro atoms. The predicted molar refractivity (Wildman–Crippen MR) is 76.2 cm³/mol. The van der Waals surface area contributed by atoms with Gasteiger partial charge in [0.1, 0.15) is 11.8 Å². The molecule has 1 N–H and O–H groups in total. The fourth-order valence-electron chi connectivity index (χ4n) is 1.93. The second-order valence-electron chi connectivity index (χ2n) is 4.54. The van der Waals surface area contributed by atoms with Crippen LogP contribution in [-0.4, -0.2) is 22.9 Å². The van der Waals surface area contributed by atoms with Gasteiger partial charge in [0, 0.05) is 19.8 Å². The minimum Gasteiger partial charge on any atom is -0.479 e. The van der Waals surface area contributed by atoms with Crippen LogP contribution in [0.25, 0.3) is 0 Å². The molecule has 104 valence electrons. The van der Waals surface area contributed by atoms with E-state index < -0.39 is 0 Å². The van der Waals surface area contributed by atoms with Gasteiger partial charge in [-0.1, -0.05) is 12.1 Å². The maximum atomic E-state index is 8.49. The fourth-order valence-corrected chi connectivity index (χ4v) is 1.93. The predicted octanol–water partition coefficient (Wildman–Crippen LogP) is 1.65. The Morgan fingerprint density at radius 3 is 3.05 bits per heavy atom. The van der Waals surface area contributed by atoms with Crippen molar-refractivity contribution in [3.8, 4) is 11.8 Å². The lowest BCUT2D eigenvalue weighted by atomic mass is 10.2. The van der Waals surface area contributed by atoms with E-state index in [0.29, 0.717) is 0 Å². The van der Waals surface area contributed by atoms with Crippen LogP contribution >= 0.6 is 0 Å². The van der Waals surface area contributed by atoms with Crippen LogP contribution in [-0.2, 0) is 20.0 Å². The van der Waals surface area contributed by atoms with Crippen LogP contribution < -0.4 is 10.1 Å². The molecule has 1 aromatic carbocycles. The smallest absolute Gasteiger partial charge is 0.174 e. The van der Waals surface area contributed by atoms with Gasteiger partial charge >= 0.3 is 0 Å². The fraction of sp³-hybridized carbons (Fsp3) is 0.333. The van der Waals surface area contributed by atoms with Gasteiger partial charge in [-0.2, -0.15) is 10.4 Å². The monoisotopic (exact) mass is 270 g/mol. The molecule has 20 heavy (non-hydrogen) atoms. The van der Waals surface area contributed by atoms with Crippen LogP contribution in [0.1, 0.15) is 11.1 Å². The number of rotatable bonds is 7. The summed E-state index contributed by atoms with van der Waals surface area (Å²) < 4.78 is 7.09. The quantitative estimate of drug-likeness (QED) is 0.777. The molecule has 0 amide bonds. The van der Waals surface area contributed by atoms with Crippen molar-refractivity contribution in [3.05, 3.63) is 47.8 Å². The van der Waals surface area contributed by atoms with Crippen LogP contribution in [0.3, 0.4) is 0 Å². The minimum atomic E-state index is 0.0812. The lowest BCUT2D eigenvalue weighted by Crippen LogP contribution is -2.16. The highest BCUT2D eigenvalue weighted by Crippen LogP contribution is 2.12. The molecule has 0 aliphatic carbocycles. The molecule has 0 saturated carbocycles. The van der Waals surface area contributed by atoms with Gasteiger partial charge in [-0.25, -0.2) is 0 Å². The molecule has 1 heterocycles. The summed E-state index contributed by atoms with van der Waals surface area (Å²) in [5, 5.41) is 16.0. The topological polar surface area (TPSA) is 62.9 Å². The van der Waals surface area contributed by atoms with Crippen molar-refractivity contribution < 1.29 is 4.74 Å². The van der Waals surface area contributed by atoms with Gasteiger partial charge < -0.3 is 10.1 Å². The van der Waals surface area contributed by atoms with Crippen LogP contribution in [0.5, 0.6) is 5.75 Å². The summed E-state index contributed by atoms with van der Waals surface area (Å²) in [5.41, 5.74) is 2.37. The summed E-state index contributed by atoms with van der Waals surface area (Å²) >= 11 is 0. The molecule has 5 heteroatoms. The summed E-state index contributed by atoms with van der Waals surface area (Å²) in [6.45, 7) is 1.76. The van der Waals surface area contributed by atoms with Crippen LogP contribution in [0.15, 0.2) is 36.7 Å². The van der Waals surface area contributed by atoms with E-state index in [0.717, 1.165) is 30.8 Å². The Morgan fingerprint density at radius 1 is 1.40 bits per heavy atom. The average Bonchev–Trinajstić information content (AvgIpc) is 2.87. The van der Waals surface area contributed by atoms with Crippen LogP contribution in [0, 0.1) is 11.3 Å². The zero-order valence-corrected chi connectivity index (χ0v) is 11.5. The van der Waals surface area contributed by atoms with E-state index in [1.807, 2.05) is 54.5 Å². The molecule has 0 unspecified atom stereocenters. The van der Waals surface area contributed by atoms with Crippen molar-refractivity contribution in [2.45, 2.75) is 13.0 Å². The normalized spacial score (nSPS) is 10.2. The number of aryl methyl sites for hydroxylation is 1. The Labute approximate surface area is 118 Å². The molecule has 2 rings (SSSR count). The molecule has 1 aromatic heterocycles. The number of nitrogens with zero attached hydrogens (tertiary/aromatic N) is 3. The highest BCUT2D eigenvalue weighted by atomic mass is 16.5. The Hall–Kier alpha value is -2.32. The number of hydrogen-bond donors (Lipinski definition) is 1. The number of ether oxygens (including phenoxy) is 1. The number of hydrogen-bond acceptors (Lipinski definition) is 4. The summed E-state index contributed by atoms with van der Waals surface area (Å²) in [6.07, 6.45) is 4.87. The van der Waals surface area contributed by atoms with Crippen molar-refractivity contribution in [2.24, 2.45) is 7.05 Å². The first-order valence-corrected chi connectivity index (χ1v) is 6.55. The van der Waals surface area contributed by atoms with E-state index in [-0.39, 0.29) is 6.61 Å². The van der Waals surface area contributed by atoms with Crippen molar-refractivity contribution in [1.29, 1.82) is 5.26 Å². The van der Waals surface area contributed by atoms with E-state index in [2.05, 4.69) is 10.4 Å². The largest absolute Gasteiger partial charge is 0.479 e. The van der Waals surface area contributed by atoms with Gasteiger partial charge in [0.05, 0.1) is 6.20 Å². The number of aromatic nitrogens is 2. The molecule has 0 aliphatic rings. The zero-order valence-electron chi connectivity index (χ0n) is 11.5. The third-order valence-corrected chi connectivity index (χ3v) is 2.88. The maximum Gasteiger partial charge on any atom is 0.174 e. The summed E-state index contributed by atoms with van der Waals surface area (Å²) in [7, 11) is 1.92. The lowest BCUT2D eigenvalue weighted by molar-refractivity contribution is 0.367. The zero-order chi connectivity index (χ0) is 14.2. The minimum absolute atomic E-state index is 0.0812. The van der Waals surface area contributed by atoms with Crippen molar-refractivity contribution >= 4 is 0 Å². The van der Waals surface area contributed by atoms with E-state index in [1.165, 1.54) is 5.56 Å². The van der Waals surface area contributed by atoms with Crippen LogP contribution in [0.4, 0.5) is 0 Å². The third kappa shape index (κ3) is 4.41. The van der Waals surface area contributed by atoms with E-state index in [9.17, 15) is 0 Å². The van der Waals surface area contributed by atoms with E-state index >= 15 is 0 Å². The first kappa shape index (κ1) is 14.1. The lowest BCUT2D eigenvalue weighted by Gasteiger charge is -2.06. The highest BCUT2D eigenvalue weighted by Gasteiger charge is 1.98. The van der Waals surface area contributed by atoms with E-state index in [4.69, 9.17) is 10.00 Å². The molecular formula is C15H18N4O. The van der Waals surface area contributed by atoms with Crippen molar-refractivity contribution in [1.82, 2.24) is 15.1 Å². The molecule has 2 aromatic rings. The standard InChI is InChI=1S/C15H18N4O/c1-19-12-14(11-18-19)5-7-17-10-13-3-2-4-15(9-13)20-8-6-16/h2-4,9,11-12,17H,5,7-8,10H2,1H3.